The molecule has 0 aromatic rings. The molecule has 0 spiro atoms. The smallest absolute Gasteiger partial charge is 0.165 e. The van der Waals surface area contributed by atoms with Gasteiger partial charge in [0.2, 0.25) is 0 Å². The Bertz CT molecular complexity index is 249. The van der Waals surface area contributed by atoms with E-state index in [1.54, 1.807) is 7.11 Å². The zero-order valence-electron chi connectivity index (χ0n) is 10.8. The van der Waals surface area contributed by atoms with Crippen LogP contribution in [0.1, 0.15) is 0 Å². The minimum Gasteiger partial charge on any atom is -0.360 e. The number of methoxy groups -OCH3 is 1. The summed E-state index contributed by atoms with van der Waals surface area (Å²) in [5.74, 6) is 0. The van der Waals surface area contributed by atoms with Crippen molar-refractivity contribution >= 4 is 0 Å². The number of hydrogen-bond donors (Lipinski definition) is 3. The monoisotopic (exact) mass is 230 g/mol. The second-order valence-corrected chi connectivity index (χ2v) is 5.09. The highest BCUT2D eigenvalue weighted by molar-refractivity contribution is 4.90. The average Bonchev–Trinajstić information content (AvgIpc) is 2.53. The van der Waals surface area contributed by atoms with Crippen LogP contribution >= 0.6 is 0 Å². The summed E-state index contributed by atoms with van der Waals surface area (Å²) in [4.78, 5) is 5.96. The predicted molar refractivity (Wildman–Crippen MR) is 61.6 cm³/mol. The molecule has 0 saturated carbocycles. The van der Waals surface area contributed by atoms with E-state index < -0.39 is 0 Å². The fraction of sp³-hybridized carbons (Fsp3) is 1.00. The highest BCUT2D eigenvalue weighted by Crippen LogP contribution is 2.13. The molecule has 0 radical (unpaired) electrons. The summed E-state index contributed by atoms with van der Waals surface area (Å²) in [5, 5.41) is 7.07. The Morgan fingerprint density at radius 1 is 1.38 bits per heavy atom. The van der Waals surface area contributed by atoms with Crippen LogP contribution in [0.2, 0.25) is 0 Å². The molecule has 0 amide bonds. The molecule has 2 saturated heterocycles. The molecule has 0 bridgehead atoms. The van der Waals surface area contributed by atoms with Gasteiger partial charge in [-0.15, -0.1) is 0 Å². The Balaban J connectivity index is 2.14. The fourth-order valence-electron chi connectivity index (χ4n) is 2.78. The van der Waals surface area contributed by atoms with Crippen LogP contribution in [0, 0.1) is 0 Å². The van der Waals surface area contributed by atoms with Crippen molar-refractivity contribution in [2.45, 2.75) is 24.7 Å². The van der Waals surface area contributed by atoms with Gasteiger partial charge < -0.3 is 9.64 Å². The first-order chi connectivity index (χ1) is 7.54. The standard InChI is InChI=1S/C10H23N5O/c1-13(2)10-11-8-7(9(12-10)16-5)14(3)6-15(8)4/h7-12H,6H2,1-5H3/p+1. The topological polar surface area (TPSA) is 44.2 Å². The van der Waals surface area contributed by atoms with Gasteiger partial charge in [0.15, 0.2) is 12.3 Å². The first-order valence-corrected chi connectivity index (χ1v) is 5.78. The lowest BCUT2D eigenvalue weighted by Crippen LogP contribution is -3.14. The SMILES string of the molecule is COC1NC(N(C)C)NC2C1[NH+](C)CN2C. The van der Waals surface area contributed by atoms with E-state index in [1.807, 2.05) is 0 Å². The van der Waals surface area contributed by atoms with Crippen molar-refractivity contribution in [1.82, 2.24) is 20.4 Å². The second-order valence-electron chi connectivity index (χ2n) is 5.09. The quantitative estimate of drug-likeness (QED) is 0.475. The van der Waals surface area contributed by atoms with Crippen LogP contribution in [-0.2, 0) is 4.74 Å². The molecule has 5 atom stereocenters. The van der Waals surface area contributed by atoms with Gasteiger partial charge in [-0.25, -0.2) is 4.90 Å². The van der Waals surface area contributed by atoms with Crippen LogP contribution in [0.15, 0.2) is 0 Å². The molecule has 3 N–H and O–H groups in total. The second kappa shape index (κ2) is 4.56. The molecular weight excluding hydrogens is 206 g/mol. The Kier molecular flexibility index (Phi) is 3.48. The molecule has 16 heavy (non-hydrogen) atoms. The summed E-state index contributed by atoms with van der Waals surface area (Å²) in [5.41, 5.74) is 0. The summed E-state index contributed by atoms with van der Waals surface area (Å²) in [6.45, 7) is 1.05. The van der Waals surface area contributed by atoms with Crippen molar-refractivity contribution in [3.8, 4) is 0 Å². The maximum Gasteiger partial charge on any atom is 0.165 e. The third kappa shape index (κ3) is 1.97. The number of fused-ring (bicyclic) bond motifs is 1. The van der Waals surface area contributed by atoms with Crippen LogP contribution < -0.4 is 15.5 Å². The molecular formula is C10H24N5O+. The van der Waals surface area contributed by atoms with E-state index in [1.165, 1.54) is 4.90 Å². The zero-order valence-corrected chi connectivity index (χ0v) is 10.8. The van der Waals surface area contributed by atoms with Crippen molar-refractivity contribution < 1.29 is 9.64 Å². The molecule has 0 aromatic heterocycles. The van der Waals surface area contributed by atoms with Crippen molar-refractivity contribution in [2.24, 2.45) is 0 Å². The Hall–Kier alpha value is -0.240. The molecule has 2 aliphatic rings. The van der Waals surface area contributed by atoms with E-state index >= 15 is 0 Å². The highest BCUT2D eigenvalue weighted by atomic mass is 16.5. The lowest BCUT2D eigenvalue weighted by atomic mass is 10.1. The van der Waals surface area contributed by atoms with Gasteiger partial charge in [0.1, 0.15) is 19.1 Å². The maximum absolute atomic E-state index is 5.58. The van der Waals surface area contributed by atoms with E-state index in [2.05, 4.69) is 48.6 Å². The molecule has 94 valence electrons. The van der Waals surface area contributed by atoms with Gasteiger partial charge in [-0.1, -0.05) is 0 Å². The Morgan fingerprint density at radius 3 is 2.62 bits per heavy atom. The van der Waals surface area contributed by atoms with E-state index in [0.29, 0.717) is 12.2 Å². The Labute approximate surface area is 97.5 Å². The number of nitrogens with one attached hydrogen (secondary N) is 3. The van der Waals surface area contributed by atoms with Crippen molar-refractivity contribution in [3.05, 3.63) is 0 Å². The molecule has 2 heterocycles. The van der Waals surface area contributed by atoms with Crippen LogP contribution in [0.4, 0.5) is 0 Å². The average molecular weight is 230 g/mol. The number of quaternary nitrogens is 1. The summed E-state index contributed by atoms with van der Waals surface area (Å²) >= 11 is 0. The van der Waals surface area contributed by atoms with E-state index in [0.717, 1.165) is 6.67 Å². The largest absolute Gasteiger partial charge is 0.360 e. The van der Waals surface area contributed by atoms with Gasteiger partial charge >= 0.3 is 0 Å². The van der Waals surface area contributed by atoms with Crippen LogP contribution in [0.25, 0.3) is 0 Å². The van der Waals surface area contributed by atoms with Gasteiger partial charge in [0.25, 0.3) is 0 Å². The first-order valence-electron chi connectivity index (χ1n) is 5.78. The molecule has 2 fully saturated rings. The van der Waals surface area contributed by atoms with E-state index in [-0.39, 0.29) is 12.5 Å². The number of rotatable bonds is 2. The van der Waals surface area contributed by atoms with Gasteiger partial charge in [-0.2, -0.15) is 0 Å². The normalized spacial score (nSPS) is 45.0. The highest BCUT2D eigenvalue weighted by Gasteiger charge is 2.49. The van der Waals surface area contributed by atoms with Crippen LogP contribution in [-0.4, -0.2) is 76.5 Å². The third-order valence-electron chi connectivity index (χ3n) is 3.63. The van der Waals surface area contributed by atoms with E-state index in [4.69, 9.17) is 4.74 Å². The lowest BCUT2D eigenvalue weighted by molar-refractivity contribution is -0.901. The summed E-state index contributed by atoms with van der Waals surface area (Å²) < 4.78 is 5.58. The maximum atomic E-state index is 5.58. The van der Waals surface area contributed by atoms with Gasteiger partial charge in [0.05, 0.1) is 7.05 Å². The molecule has 0 aromatic carbocycles. The van der Waals surface area contributed by atoms with Crippen LogP contribution in [0.3, 0.4) is 0 Å². The Morgan fingerprint density at radius 2 is 2.06 bits per heavy atom. The molecule has 6 heteroatoms. The van der Waals surface area contributed by atoms with E-state index in [9.17, 15) is 0 Å². The summed E-state index contributed by atoms with van der Waals surface area (Å²) in [6.07, 6.45) is 0.641. The third-order valence-corrected chi connectivity index (χ3v) is 3.63. The number of hydrogen-bond acceptors (Lipinski definition) is 5. The predicted octanol–water partition coefficient (Wildman–Crippen LogP) is -2.89. The molecule has 5 unspecified atom stereocenters. The summed E-state index contributed by atoms with van der Waals surface area (Å²) in [6, 6.07) is 0.436. The molecule has 0 aliphatic carbocycles. The molecule has 2 aliphatic heterocycles. The number of ether oxygens (including phenoxy) is 1. The number of nitrogens with zero attached hydrogens (tertiary/aromatic N) is 2. The van der Waals surface area contributed by atoms with Crippen molar-refractivity contribution in [3.63, 3.8) is 0 Å². The van der Waals surface area contributed by atoms with Gasteiger partial charge in [-0.05, 0) is 21.1 Å². The van der Waals surface area contributed by atoms with Crippen molar-refractivity contribution in [1.29, 1.82) is 0 Å². The van der Waals surface area contributed by atoms with Crippen molar-refractivity contribution in [2.75, 3.05) is 42.0 Å². The lowest BCUT2D eigenvalue weighted by Gasteiger charge is -2.42. The fourth-order valence-corrected chi connectivity index (χ4v) is 2.78. The minimum absolute atomic E-state index is 0.101. The molecule has 2 rings (SSSR count). The molecule has 6 nitrogen and oxygen atoms in total. The first kappa shape index (κ1) is 12.2. The zero-order chi connectivity index (χ0) is 11.9. The minimum atomic E-state index is 0.101. The van der Waals surface area contributed by atoms with Crippen LogP contribution in [0.5, 0.6) is 0 Å². The summed E-state index contributed by atoms with van der Waals surface area (Å²) in [7, 11) is 10.3. The van der Waals surface area contributed by atoms with Gasteiger partial charge in [0, 0.05) is 7.11 Å². The number of likely N-dealkylation sites (N-methyl/N-ethyl adjacent to an activating group) is 2. The van der Waals surface area contributed by atoms with Gasteiger partial charge in [-0.3, -0.25) is 15.5 Å².